The molecule has 1 unspecified atom stereocenters. The molecular weight excluding hydrogens is 721 g/mol. The number of likely N-dealkylation sites (tertiary alicyclic amines) is 1. The number of aromatic nitrogens is 2. The van der Waals surface area contributed by atoms with Crippen LogP contribution in [-0.4, -0.2) is 98.9 Å². The molecule has 0 bridgehead atoms. The van der Waals surface area contributed by atoms with Gasteiger partial charge in [0.15, 0.2) is 5.69 Å². The molecule has 1 atom stereocenters. The second-order valence-electron chi connectivity index (χ2n) is 11.3. The van der Waals surface area contributed by atoms with Gasteiger partial charge in [0, 0.05) is 57.5 Å². The number of phosphoric ester groups is 1. The molecule has 4 amide bonds. The summed E-state index contributed by atoms with van der Waals surface area (Å²) >= 11 is 1.35. The maximum Gasteiger partial charge on any atom is 0.524 e. The summed E-state index contributed by atoms with van der Waals surface area (Å²) in [5.41, 5.74) is 1.02. The van der Waals surface area contributed by atoms with Crippen LogP contribution in [-0.2, 0) is 30.4 Å². The van der Waals surface area contributed by atoms with E-state index in [-0.39, 0.29) is 85.5 Å². The molecular formula is C33H40N5O12PS. The quantitative estimate of drug-likeness (QED) is 0.0736. The van der Waals surface area contributed by atoms with Crippen LogP contribution in [0.5, 0.6) is 23.1 Å². The SMILES string of the molecule is CCC(=O)CCCSC1CC(=O)N(CCC(=O)NCCNC(=O)c2nc3ccccc3nc2OCc2c(OC)cc(OP(=O)(O)O)cc2OC)C1=O. The number of fused-ring (bicyclic) bond motifs is 1. The van der Waals surface area contributed by atoms with Gasteiger partial charge in [-0.2, -0.15) is 0 Å². The number of methoxy groups -OCH3 is 2. The highest BCUT2D eigenvalue weighted by Gasteiger charge is 2.38. The van der Waals surface area contributed by atoms with E-state index < -0.39 is 24.9 Å². The minimum absolute atomic E-state index is 0.00201. The van der Waals surface area contributed by atoms with Crippen LogP contribution >= 0.6 is 19.6 Å². The van der Waals surface area contributed by atoms with Crippen LogP contribution in [0.15, 0.2) is 36.4 Å². The topological polar surface area (TPSA) is 233 Å². The highest BCUT2D eigenvalue weighted by molar-refractivity contribution is 8.00. The van der Waals surface area contributed by atoms with Crippen molar-refractivity contribution in [2.75, 3.05) is 39.6 Å². The molecule has 1 saturated heterocycles. The largest absolute Gasteiger partial charge is 0.524 e. The third-order valence-electron chi connectivity index (χ3n) is 7.72. The average Bonchev–Trinajstić information content (AvgIpc) is 3.39. The lowest BCUT2D eigenvalue weighted by atomic mass is 10.1. The summed E-state index contributed by atoms with van der Waals surface area (Å²) in [5.74, 6) is -1.12. The maximum absolute atomic E-state index is 13.3. The number of phosphoric acid groups is 1. The molecule has 280 valence electrons. The van der Waals surface area contributed by atoms with Crippen molar-refractivity contribution < 1.29 is 57.1 Å². The minimum atomic E-state index is -4.87. The van der Waals surface area contributed by atoms with Crippen LogP contribution in [0.1, 0.15) is 55.1 Å². The number of thioether (sulfide) groups is 1. The molecule has 1 aromatic heterocycles. The number of hydrogen-bond acceptors (Lipinski definition) is 13. The molecule has 0 spiro atoms. The molecule has 2 heterocycles. The highest BCUT2D eigenvalue weighted by atomic mass is 32.2. The number of para-hydroxylation sites is 2. The van der Waals surface area contributed by atoms with Crippen LogP contribution < -0.4 is 29.4 Å². The Balaban J connectivity index is 1.32. The third kappa shape index (κ3) is 11.1. The molecule has 4 N–H and O–H groups in total. The van der Waals surface area contributed by atoms with Crippen molar-refractivity contribution in [1.29, 1.82) is 0 Å². The van der Waals surface area contributed by atoms with E-state index in [0.29, 0.717) is 41.6 Å². The number of ether oxygens (including phenoxy) is 3. The van der Waals surface area contributed by atoms with E-state index in [0.717, 1.165) is 4.90 Å². The van der Waals surface area contributed by atoms with E-state index in [1.165, 1.54) is 38.1 Å². The molecule has 2 aromatic carbocycles. The third-order valence-corrected chi connectivity index (χ3v) is 9.47. The Morgan fingerprint density at radius 2 is 1.65 bits per heavy atom. The maximum atomic E-state index is 13.3. The van der Waals surface area contributed by atoms with E-state index in [1.807, 2.05) is 0 Å². The van der Waals surface area contributed by atoms with Gasteiger partial charge in [0.1, 0.15) is 29.6 Å². The van der Waals surface area contributed by atoms with Gasteiger partial charge in [-0.1, -0.05) is 19.1 Å². The summed E-state index contributed by atoms with van der Waals surface area (Å²) in [6.07, 6.45) is 1.50. The van der Waals surface area contributed by atoms with Gasteiger partial charge in [-0.15, -0.1) is 11.8 Å². The van der Waals surface area contributed by atoms with Crippen molar-refractivity contribution >= 4 is 60.0 Å². The Hall–Kier alpha value is -4.77. The number of ketones is 1. The normalized spacial score (nSPS) is 14.3. The first kappa shape index (κ1) is 40.0. The Morgan fingerprint density at radius 1 is 1.00 bits per heavy atom. The lowest BCUT2D eigenvalue weighted by Gasteiger charge is -2.17. The summed E-state index contributed by atoms with van der Waals surface area (Å²) in [5, 5.41) is 4.80. The molecule has 19 heteroatoms. The molecule has 0 radical (unpaired) electrons. The van der Waals surface area contributed by atoms with Crippen molar-refractivity contribution in [2.45, 2.75) is 50.9 Å². The number of benzene rings is 2. The minimum Gasteiger partial charge on any atom is -0.496 e. The van der Waals surface area contributed by atoms with Gasteiger partial charge >= 0.3 is 7.82 Å². The fourth-order valence-corrected chi connectivity index (χ4v) is 6.62. The fraction of sp³-hybridized carbons (Fsp3) is 0.424. The van der Waals surface area contributed by atoms with E-state index in [2.05, 4.69) is 25.1 Å². The Bertz CT molecular complexity index is 1830. The second-order valence-corrected chi connectivity index (χ2v) is 13.8. The Labute approximate surface area is 303 Å². The monoisotopic (exact) mass is 761 g/mol. The van der Waals surface area contributed by atoms with Gasteiger partial charge < -0.3 is 29.4 Å². The fourth-order valence-electron chi connectivity index (χ4n) is 5.12. The molecule has 1 aliphatic rings. The molecule has 1 aliphatic heterocycles. The second kappa shape index (κ2) is 18.6. The molecule has 52 heavy (non-hydrogen) atoms. The van der Waals surface area contributed by atoms with Crippen LogP contribution in [0.4, 0.5) is 0 Å². The van der Waals surface area contributed by atoms with Gasteiger partial charge in [-0.05, 0) is 24.3 Å². The summed E-state index contributed by atoms with van der Waals surface area (Å²) in [6.45, 7) is 1.52. The van der Waals surface area contributed by atoms with Gasteiger partial charge in [0.05, 0.1) is 36.1 Å². The first-order valence-corrected chi connectivity index (χ1v) is 18.8. The lowest BCUT2D eigenvalue weighted by Crippen LogP contribution is -2.38. The zero-order chi connectivity index (χ0) is 37.8. The number of carbonyl (C=O) groups is 5. The molecule has 3 aromatic rings. The Kier molecular flexibility index (Phi) is 14.3. The van der Waals surface area contributed by atoms with Crippen molar-refractivity contribution in [2.24, 2.45) is 0 Å². The van der Waals surface area contributed by atoms with E-state index in [1.54, 1.807) is 31.2 Å². The van der Waals surface area contributed by atoms with E-state index >= 15 is 0 Å². The molecule has 17 nitrogen and oxygen atoms in total. The number of amides is 4. The van der Waals surface area contributed by atoms with E-state index in [9.17, 15) is 38.3 Å². The summed E-state index contributed by atoms with van der Waals surface area (Å²) in [4.78, 5) is 90.8. The van der Waals surface area contributed by atoms with Gasteiger partial charge in [0.25, 0.3) is 5.91 Å². The van der Waals surface area contributed by atoms with Crippen LogP contribution in [0.25, 0.3) is 11.0 Å². The number of Topliss-reactive ketones (excluding diaryl/α,β-unsaturated/α-hetero) is 1. The average molecular weight is 762 g/mol. The predicted molar refractivity (Wildman–Crippen MR) is 188 cm³/mol. The highest BCUT2D eigenvalue weighted by Crippen LogP contribution is 2.42. The number of hydrogen-bond donors (Lipinski definition) is 4. The van der Waals surface area contributed by atoms with Gasteiger partial charge in [0.2, 0.25) is 23.6 Å². The van der Waals surface area contributed by atoms with Crippen LogP contribution in [0.3, 0.4) is 0 Å². The lowest BCUT2D eigenvalue weighted by molar-refractivity contribution is -0.138. The zero-order valence-corrected chi connectivity index (χ0v) is 30.5. The van der Waals surface area contributed by atoms with Crippen molar-refractivity contribution in [3.8, 4) is 23.1 Å². The van der Waals surface area contributed by atoms with Crippen LogP contribution in [0.2, 0.25) is 0 Å². The molecule has 4 rings (SSSR count). The van der Waals surface area contributed by atoms with Crippen LogP contribution in [0, 0.1) is 0 Å². The first-order chi connectivity index (χ1) is 24.8. The number of imide groups is 1. The number of nitrogens with one attached hydrogen (secondary N) is 2. The number of rotatable bonds is 20. The zero-order valence-electron chi connectivity index (χ0n) is 28.8. The number of carbonyl (C=O) groups excluding carboxylic acids is 5. The summed E-state index contributed by atoms with van der Waals surface area (Å²) in [7, 11) is -2.21. The Morgan fingerprint density at radius 3 is 2.29 bits per heavy atom. The van der Waals surface area contributed by atoms with Crippen molar-refractivity contribution in [3.63, 3.8) is 0 Å². The number of nitrogens with zero attached hydrogens (tertiary/aromatic N) is 3. The van der Waals surface area contributed by atoms with Crippen molar-refractivity contribution in [3.05, 3.63) is 47.7 Å². The standard InChI is InChI=1S/C33H40N5O12PS/c1-4-20(39)8-7-15-52-27-18-29(41)38(33(27)43)14-11-28(40)34-12-13-35-31(42)30-32(37-24-10-6-5-9-23(24)36-30)49-19-22-25(47-2)16-21(17-26(22)48-3)50-51(44,45)46/h5-6,9-10,16-17,27H,4,7-8,11-15,18-19H2,1-3H3,(H,34,40)(H,35,42)(H2,44,45,46). The molecule has 0 aliphatic carbocycles. The molecule has 1 fully saturated rings. The predicted octanol–water partition coefficient (Wildman–Crippen LogP) is 2.55. The van der Waals surface area contributed by atoms with Gasteiger partial charge in [-0.25, -0.2) is 14.5 Å². The first-order valence-electron chi connectivity index (χ1n) is 16.3. The summed E-state index contributed by atoms with van der Waals surface area (Å²) < 4.78 is 32.7. The molecule has 0 saturated carbocycles. The van der Waals surface area contributed by atoms with Crippen molar-refractivity contribution in [1.82, 2.24) is 25.5 Å². The van der Waals surface area contributed by atoms with Gasteiger partial charge in [-0.3, -0.25) is 38.7 Å². The smallest absolute Gasteiger partial charge is 0.496 e. The van der Waals surface area contributed by atoms with E-state index in [4.69, 9.17) is 14.2 Å². The summed E-state index contributed by atoms with van der Waals surface area (Å²) in [6, 6.07) is 9.30.